The Morgan fingerprint density at radius 1 is 1.25 bits per heavy atom. The van der Waals surface area contributed by atoms with Crippen LogP contribution in [0.5, 0.6) is 0 Å². The highest BCUT2D eigenvalue weighted by molar-refractivity contribution is 7.91. The molecule has 1 aromatic carbocycles. The van der Waals surface area contributed by atoms with E-state index in [1.165, 1.54) is 26.0 Å². The van der Waals surface area contributed by atoms with Crippen LogP contribution in [0.4, 0.5) is 0 Å². The van der Waals surface area contributed by atoms with Crippen LogP contribution in [0.15, 0.2) is 17.0 Å². The summed E-state index contributed by atoms with van der Waals surface area (Å²) in [7, 11) is -3.42. The van der Waals surface area contributed by atoms with Crippen LogP contribution in [-0.4, -0.2) is 20.0 Å². The average Bonchev–Trinajstić information content (AvgIpc) is 2.21. The van der Waals surface area contributed by atoms with Gasteiger partial charge < -0.3 is 0 Å². The van der Waals surface area contributed by atoms with E-state index in [0.29, 0.717) is 0 Å². The second-order valence-electron chi connectivity index (χ2n) is 3.20. The number of ketones is 1. The van der Waals surface area contributed by atoms with E-state index in [2.05, 4.69) is 0 Å². The van der Waals surface area contributed by atoms with E-state index in [0.717, 1.165) is 0 Å². The third kappa shape index (κ3) is 2.39. The lowest BCUT2D eigenvalue weighted by molar-refractivity contribution is 0.101. The molecule has 1 aromatic rings. The van der Waals surface area contributed by atoms with E-state index >= 15 is 0 Å². The fraction of sp³-hybridized carbons (Fsp3) is 0.300. The summed E-state index contributed by atoms with van der Waals surface area (Å²) in [4.78, 5) is 11.1. The fourth-order valence-electron chi connectivity index (χ4n) is 1.20. The molecule has 0 unspecified atom stereocenters. The summed E-state index contributed by atoms with van der Waals surface area (Å²) in [5.74, 6) is -0.324. The molecule has 0 atom stereocenters. The van der Waals surface area contributed by atoms with E-state index in [4.69, 9.17) is 23.2 Å². The van der Waals surface area contributed by atoms with Gasteiger partial charge in [-0.25, -0.2) is 8.42 Å². The number of carbonyl (C=O) groups is 1. The van der Waals surface area contributed by atoms with Crippen LogP contribution in [0.25, 0.3) is 0 Å². The van der Waals surface area contributed by atoms with E-state index in [9.17, 15) is 13.2 Å². The first-order chi connectivity index (χ1) is 7.31. The van der Waals surface area contributed by atoms with Crippen LogP contribution in [0.1, 0.15) is 24.2 Å². The van der Waals surface area contributed by atoms with Gasteiger partial charge in [-0.05, 0) is 19.1 Å². The number of benzene rings is 1. The minimum Gasteiger partial charge on any atom is -0.294 e. The summed E-state index contributed by atoms with van der Waals surface area (Å²) in [5, 5.41) is -0.0973. The number of rotatable bonds is 3. The number of hydrogen-bond donors (Lipinski definition) is 0. The summed E-state index contributed by atoms with van der Waals surface area (Å²) >= 11 is 11.7. The quantitative estimate of drug-likeness (QED) is 0.800. The Hall–Kier alpha value is -0.580. The van der Waals surface area contributed by atoms with Gasteiger partial charge in [-0.1, -0.05) is 30.1 Å². The molecule has 0 saturated heterocycles. The molecule has 1 rings (SSSR count). The molecule has 0 radical (unpaired) electrons. The van der Waals surface area contributed by atoms with Crippen LogP contribution < -0.4 is 0 Å². The molecule has 0 spiro atoms. The highest BCUT2D eigenvalue weighted by Gasteiger charge is 2.20. The van der Waals surface area contributed by atoms with Gasteiger partial charge in [0, 0.05) is 5.56 Å². The molecule has 0 fully saturated rings. The summed E-state index contributed by atoms with van der Waals surface area (Å²) in [5.41, 5.74) is 0.224. The van der Waals surface area contributed by atoms with E-state index < -0.39 is 9.84 Å². The zero-order chi connectivity index (χ0) is 12.5. The highest BCUT2D eigenvalue weighted by Crippen LogP contribution is 2.33. The van der Waals surface area contributed by atoms with Crippen molar-refractivity contribution in [3.05, 3.63) is 27.7 Å². The Labute approximate surface area is 104 Å². The van der Waals surface area contributed by atoms with E-state index in [-0.39, 0.29) is 32.0 Å². The highest BCUT2D eigenvalue weighted by atomic mass is 35.5. The van der Waals surface area contributed by atoms with Gasteiger partial charge in [0.2, 0.25) is 0 Å². The molecule has 0 aromatic heterocycles. The lowest BCUT2D eigenvalue weighted by Crippen LogP contribution is -2.06. The van der Waals surface area contributed by atoms with Crippen LogP contribution in [0.2, 0.25) is 10.0 Å². The zero-order valence-electron chi connectivity index (χ0n) is 8.75. The van der Waals surface area contributed by atoms with Crippen molar-refractivity contribution in [2.75, 3.05) is 5.75 Å². The number of halogens is 2. The number of hydrogen-bond acceptors (Lipinski definition) is 3. The van der Waals surface area contributed by atoms with Crippen molar-refractivity contribution in [1.82, 2.24) is 0 Å². The van der Waals surface area contributed by atoms with E-state index in [1.54, 1.807) is 0 Å². The van der Waals surface area contributed by atoms with E-state index in [1.807, 2.05) is 0 Å². The second-order valence-corrected chi connectivity index (χ2v) is 6.20. The Balaban J connectivity index is 3.51. The molecule has 6 heteroatoms. The van der Waals surface area contributed by atoms with Gasteiger partial charge in [0.15, 0.2) is 15.6 Å². The second kappa shape index (κ2) is 4.73. The third-order valence-corrected chi connectivity index (χ3v) is 4.91. The minimum absolute atomic E-state index is 0.0105. The van der Waals surface area contributed by atoms with Gasteiger partial charge in [-0.3, -0.25) is 4.79 Å². The molecule has 0 N–H and O–H groups in total. The number of Topliss-reactive ketones (excluding diaryl/α,β-unsaturated/α-hetero) is 1. The van der Waals surface area contributed by atoms with Crippen molar-refractivity contribution in [2.45, 2.75) is 18.7 Å². The fourth-order valence-corrected chi connectivity index (χ4v) is 3.03. The van der Waals surface area contributed by atoms with Gasteiger partial charge >= 0.3 is 0 Å². The minimum atomic E-state index is -3.42. The normalized spacial score (nSPS) is 11.5. The maximum Gasteiger partial charge on any atom is 0.179 e. The van der Waals surface area contributed by atoms with Crippen molar-refractivity contribution >= 4 is 38.8 Å². The molecule has 0 bridgehead atoms. The SMILES string of the molecule is CCS(=O)(=O)c1ccc(C(C)=O)c(Cl)c1Cl. The summed E-state index contributed by atoms with van der Waals surface area (Å²) in [6.45, 7) is 2.85. The predicted octanol–water partition coefficient (Wildman–Crippen LogP) is 2.99. The standard InChI is InChI=1S/C10H10Cl2O3S/c1-3-16(14,15)8-5-4-7(6(2)13)9(11)10(8)12/h4-5H,3H2,1-2H3. The van der Waals surface area contributed by atoms with Crippen LogP contribution in [0.3, 0.4) is 0 Å². The van der Waals surface area contributed by atoms with Crippen molar-refractivity contribution in [1.29, 1.82) is 0 Å². The van der Waals surface area contributed by atoms with Crippen LogP contribution in [0, 0.1) is 0 Å². The van der Waals surface area contributed by atoms with Gasteiger partial charge in [0.05, 0.1) is 20.7 Å². The third-order valence-electron chi connectivity index (χ3n) is 2.14. The molecule has 0 aliphatic heterocycles. The molecular weight excluding hydrogens is 271 g/mol. The Morgan fingerprint density at radius 3 is 2.25 bits per heavy atom. The van der Waals surface area contributed by atoms with Crippen molar-refractivity contribution < 1.29 is 13.2 Å². The largest absolute Gasteiger partial charge is 0.294 e. The molecular formula is C10H10Cl2O3S. The maximum absolute atomic E-state index is 11.6. The monoisotopic (exact) mass is 280 g/mol. The molecule has 0 aliphatic rings. The summed E-state index contributed by atoms with van der Waals surface area (Å²) in [6.07, 6.45) is 0. The lowest BCUT2D eigenvalue weighted by Gasteiger charge is -2.08. The lowest BCUT2D eigenvalue weighted by atomic mass is 10.1. The van der Waals surface area contributed by atoms with Gasteiger partial charge in [-0.15, -0.1) is 0 Å². The summed E-state index contributed by atoms with van der Waals surface area (Å²) in [6, 6.07) is 2.68. The molecule has 16 heavy (non-hydrogen) atoms. The Kier molecular flexibility index (Phi) is 3.99. The summed E-state index contributed by atoms with van der Waals surface area (Å²) < 4.78 is 23.3. The van der Waals surface area contributed by atoms with Crippen LogP contribution in [-0.2, 0) is 9.84 Å². The Morgan fingerprint density at radius 2 is 1.81 bits per heavy atom. The average molecular weight is 281 g/mol. The molecule has 0 amide bonds. The van der Waals surface area contributed by atoms with Crippen molar-refractivity contribution in [3.8, 4) is 0 Å². The molecule has 3 nitrogen and oxygen atoms in total. The first kappa shape index (κ1) is 13.5. The van der Waals surface area contributed by atoms with Gasteiger partial charge in [0.25, 0.3) is 0 Å². The number of sulfone groups is 1. The smallest absolute Gasteiger partial charge is 0.179 e. The number of carbonyl (C=O) groups excluding carboxylic acids is 1. The van der Waals surface area contributed by atoms with Gasteiger partial charge in [-0.2, -0.15) is 0 Å². The van der Waals surface area contributed by atoms with Crippen LogP contribution >= 0.6 is 23.2 Å². The topological polar surface area (TPSA) is 51.2 Å². The van der Waals surface area contributed by atoms with Gasteiger partial charge in [0.1, 0.15) is 0 Å². The molecule has 0 saturated carbocycles. The maximum atomic E-state index is 11.6. The van der Waals surface area contributed by atoms with Crippen molar-refractivity contribution in [3.63, 3.8) is 0 Å². The first-order valence-corrected chi connectivity index (χ1v) is 6.93. The zero-order valence-corrected chi connectivity index (χ0v) is 11.1. The molecule has 88 valence electrons. The molecule has 0 aliphatic carbocycles. The first-order valence-electron chi connectivity index (χ1n) is 4.53. The Bertz CT molecular complexity index is 535. The molecule has 0 heterocycles. The van der Waals surface area contributed by atoms with Crippen molar-refractivity contribution in [2.24, 2.45) is 0 Å². The predicted molar refractivity (Wildman–Crippen MR) is 64.2 cm³/mol.